The zero-order valence-corrected chi connectivity index (χ0v) is 15.9. The first kappa shape index (κ1) is 19.2. The number of para-hydroxylation sites is 2. The van der Waals surface area contributed by atoms with Crippen LogP contribution in [0.3, 0.4) is 0 Å². The van der Waals surface area contributed by atoms with E-state index in [1.54, 1.807) is 25.3 Å². The fraction of sp³-hybridized carbons (Fsp3) is 0.389. The third-order valence-corrected chi connectivity index (χ3v) is 4.50. The molecule has 2 heterocycles. The zero-order chi connectivity index (χ0) is 19.1. The highest BCUT2D eigenvalue weighted by atomic mass is 35.5. The van der Waals surface area contributed by atoms with Gasteiger partial charge in [0.15, 0.2) is 11.0 Å². The molecule has 1 amide bonds. The van der Waals surface area contributed by atoms with Crippen LogP contribution in [0.1, 0.15) is 0 Å². The molecule has 1 saturated heterocycles. The van der Waals surface area contributed by atoms with Crippen molar-refractivity contribution in [3.05, 3.63) is 41.6 Å². The number of benzene rings is 1. The lowest BCUT2D eigenvalue weighted by atomic mass is 10.3. The van der Waals surface area contributed by atoms with E-state index >= 15 is 0 Å². The van der Waals surface area contributed by atoms with Crippen LogP contribution in [0.15, 0.2) is 36.4 Å². The van der Waals surface area contributed by atoms with Gasteiger partial charge in [-0.15, -0.1) is 10.2 Å². The normalized spacial score (nSPS) is 14.7. The van der Waals surface area contributed by atoms with Crippen LogP contribution in [0.25, 0.3) is 0 Å². The molecule has 3 rings (SSSR count). The second kappa shape index (κ2) is 9.38. The molecule has 1 aromatic carbocycles. The topological polar surface area (TPSA) is 79.8 Å². The van der Waals surface area contributed by atoms with Gasteiger partial charge in [-0.2, -0.15) is 0 Å². The summed E-state index contributed by atoms with van der Waals surface area (Å²) in [7, 11) is 1.56. The smallest absolute Gasteiger partial charge is 0.411 e. The van der Waals surface area contributed by atoms with Crippen molar-refractivity contribution >= 4 is 29.2 Å². The Balaban J connectivity index is 1.37. The molecule has 1 fully saturated rings. The first-order valence-corrected chi connectivity index (χ1v) is 9.07. The summed E-state index contributed by atoms with van der Waals surface area (Å²) in [6.45, 7) is 4.40. The first-order chi connectivity index (χ1) is 13.2. The maximum absolute atomic E-state index is 11.9. The summed E-state index contributed by atoms with van der Waals surface area (Å²) in [5.41, 5.74) is 0.586. The molecule has 0 saturated carbocycles. The molecule has 1 N–H and O–H groups in total. The van der Waals surface area contributed by atoms with Gasteiger partial charge in [-0.05, 0) is 24.3 Å². The largest absolute Gasteiger partial charge is 0.495 e. The third-order valence-electron chi connectivity index (χ3n) is 4.30. The molecule has 9 heteroatoms. The molecule has 0 radical (unpaired) electrons. The summed E-state index contributed by atoms with van der Waals surface area (Å²) >= 11 is 5.77. The second-order valence-electron chi connectivity index (χ2n) is 6.00. The minimum atomic E-state index is -0.491. The van der Waals surface area contributed by atoms with E-state index in [0.29, 0.717) is 29.7 Å². The fourth-order valence-corrected chi connectivity index (χ4v) is 2.94. The van der Waals surface area contributed by atoms with Gasteiger partial charge in [-0.25, -0.2) is 4.79 Å². The molecule has 0 bridgehead atoms. The van der Waals surface area contributed by atoms with E-state index in [9.17, 15) is 4.79 Å². The maximum Gasteiger partial charge on any atom is 0.411 e. The number of nitrogens with zero attached hydrogens (tertiary/aromatic N) is 4. The standard InChI is InChI=1S/C18H22ClN5O3/c1-26-15-5-3-2-4-14(15)20-18(25)27-13-12-23-8-10-24(11-9-23)17-7-6-16(19)21-22-17/h2-7H,8-13H2,1H3,(H,20,25). The Morgan fingerprint density at radius 2 is 1.93 bits per heavy atom. The number of ether oxygens (including phenoxy) is 2. The van der Waals surface area contributed by atoms with Crippen LogP contribution in [0, 0.1) is 0 Å². The quantitative estimate of drug-likeness (QED) is 0.810. The van der Waals surface area contributed by atoms with Gasteiger partial charge in [0.05, 0.1) is 12.8 Å². The van der Waals surface area contributed by atoms with Gasteiger partial charge < -0.3 is 14.4 Å². The van der Waals surface area contributed by atoms with Gasteiger partial charge in [0.25, 0.3) is 0 Å². The number of carbonyl (C=O) groups excluding carboxylic acids is 1. The molecule has 8 nitrogen and oxygen atoms in total. The van der Waals surface area contributed by atoms with Crippen molar-refractivity contribution in [3.8, 4) is 5.75 Å². The van der Waals surface area contributed by atoms with Crippen molar-refractivity contribution < 1.29 is 14.3 Å². The summed E-state index contributed by atoms with van der Waals surface area (Å²) < 4.78 is 10.5. The number of rotatable bonds is 6. The lowest BCUT2D eigenvalue weighted by Gasteiger charge is -2.34. The van der Waals surface area contributed by atoms with Gasteiger partial charge in [-0.3, -0.25) is 10.2 Å². The number of anilines is 2. The van der Waals surface area contributed by atoms with Crippen LogP contribution in [-0.4, -0.2) is 67.6 Å². The Hall–Kier alpha value is -2.58. The lowest BCUT2D eigenvalue weighted by molar-refractivity contribution is 0.137. The Kier molecular flexibility index (Phi) is 6.67. The zero-order valence-electron chi connectivity index (χ0n) is 15.1. The molecule has 27 heavy (non-hydrogen) atoms. The molecule has 144 valence electrons. The number of aromatic nitrogens is 2. The van der Waals surface area contributed by atoms with E-state index in [4.69, 9.17) is 21.1 Å². The molecule has 0 atom stereocenters. The highest BCUT2D eigenvalue weighted by Gasteiger charge is 2.18. The average Bonchev–Trinajstić information content (AvgIpc) is 2.69. The van der Waals surface area contributed by atoms with Gasteiger partial charge in [0.2, 0.25) is 0 Å². The molecule has 0 unspecified atom stereocenters. The monoisotopic (exact) mass is 391 g/mol. The molecule has 1 aliphatic heterocycles. The first-order valence-electron chi connectivity index (χ1n) is 8.69. The van der Waals surface area contributed by atoms with Crippen LogP contribution in [-0.2, 0) is 4.74 Å². The highest BCUT2D eigenvalue weighted by molar-refractivity contribution is 6.29. The van der Waals surface area contributed by atoms with Crippen molar-refractivity contribution in [2.75, 3.05) is 56.7 Å². The predicted octanol–water partition coefficient (Wildman–Crippen LogP) is 2.51. The van der Waals surface area contributed by atoms with Gasteiger partial charge in [0.1, 0.15) is 12.4 Å². The van der Waals surface area contributed by atoms with Crippen molar-refractivity contribution in [3.63, 3.8) is 0 Å². The fourth-order valence-electron chi connectivity index (χ4n) is 2.84. The average molecular weight is 392 g/mol. The number of hydrogen-bond acceptors (Lipinski definition) is 7. The molecule has 0 aliphatic carbocycles. The molecule has 1 aromatic heterocycles. The summed E-state index contributed by atoms with van der Waals surface area (Å²) in [4.78, 5) is 16.4. The van der Waals surface area contributed by atoms with E-state index in [-0.39, 0.29) is 0 Å². The summed E-state index contributed by atoms with van der Waals surface area (Å²) in [5, 5.41) is 11.1. The van der Waals surface area contributed by atoms with Crippen molar-refractivity contribution in [2.45, 2.75) is 0 Å². The molecule has 2 aromatic rings. The number of halogens is 1. The van der Waals surface area contributed by atoms with Crippen LogP contribution >= 0.6 is 11.6 Å². The molecular weight excluding hydrogens is 370 g/mol. The second-order valence-corrected chi connectivity index (χ2v) is 6.39. The number of carbonyl (C=O) groups is 1. The lowest BCUT2D eigenvalue weighted by Crippen LogP contribution is -2.47. The predicted molar refractivity (Wildman–Crippen MR) is 104 cm³/mol. The van der Waals surface area contributed by atoms with Crippen LogP contribution in [0.4, 0.5) is 16.3 Å². The Morgan fingerprint density at radius 3 is 2.63 bits per heavy atom. The Morgan fingerprint density at radius 1 is 1.15 bits per heavy atom. The van der Waals surface area contributed by atoms with Crippen molar-refractivity contribution in [2.24, 2.45) is 0 Å². The van der Waals surface area contributed by atoms with Crippen molar-refractivity contribution in [1.82, 2.24) is 15.1 Å². The number of amides is 1. The van der Waals surface area contributed by atoms with E-state index in [0.717, 1.165) is 32.0 Å². The maximum atomic E-state index is 11.9. The minimum absolute atomic E-state index is 0.321. The summed E-state index contributed by atoms with van der Waals surface area (Å²) in [5.74, 6) is 1.42. The van der Waals surface area contributed by atoms with E-state index in [1.165, 1.54) is 0 Å². The van der Waals surface area contributed by atoms with E-state index in [2.05, 4.69) is 25.3 Å². The van der Waals surface area contributed by atoms with Gasteiger partial charge >= 0.3 is 6.09 Å². The number of hydrogen-bond donors (Lipinski definition) is 1. The summed E-state index contributed by atoms with van der Waals surface area (Å²) in [6, 6.07) is 10.8. The highest BCUT2D eigenvalue weighted by Crippen LogP contribution is 2.23. The molecule has 0 spiro atoms. The number of methoxy groups -OCH3 is 1. The molecular formula is C18H22ClN5O3. The molecule has 1 aliphatic rings. The third kappa shape index (κ3) is 5.45. The van der Waals surface area contributed by atoms with Crippen LogP contribution in [0.5, 0.6) is 5.75 Å². The van der Waals surface area contributed by atoms with E-state index < -0.39 is 6.09 Å². The Bertz CT molecular complexity index is 751. The van der Waals surface area contributed by atoms with Gasteiger partial charge in [0, 0.05) is 32.7 Å². The number of piperazine rings is 1. The number of nitrogens with one attached hydrogen (secondary N) is 1. The van der Waals surface area contributed by atoms with Crippen LogP contribution in [0.2, 0.25) is 5.15 Å². The SMILES string of the molecule is COc1ccccc1NC(=O)OCCN1CCN(c2ccc(Cl)nn2)CC1. The Labute approximate surface area is 163 Å². The van der Waals surface area contributed by atoms with Crippen molar-refractivity contribution in [1.29, 1.82) is 0 Å². The minimum Gasteiger partial charge on any atom is -0.495 e. The summed E-state index contributed by atoms with van der Waals surface area (Å²) in [6.07, 6.45) is -0.491. The van der Waals surface area contributed by atoms with Crippen LogP contribution < -0.4 is 15.0 Å². The van der Waals surface area contributed by atoms with Gasteiger partial charge in [-0.1, -0.05) is 23.7 Å². The van der Waals surface area contributed by atoms with E-state index in [1.807, 2.05) is 18.2 Å².